The molecule has 1 aliphatic carbocycles. The van der Waals surface area contributed by atoms with Crippen molar-refractivity contribution >= 4 is 0 Å². The van der Waals surface area contributed by atoms with Crippen LogP contribution in [0.15, 0.2) is 11.6 Å². The number of methoxy groups -OCH3 is 1. The zero-order chi connectivity index (χ0) is 10.9. The molecule has 1 unspecified atom stereocenters. The van der Waals surface area contributed by atoms with Crippen molar-refractivity contribution < 1.29 is 4.74 Å². The molecule has 15 heavy (non-hydrogen) atoms. The van der Waals surface area contributed by atoms with E-state index < -0.39 is 0 Å². The van der Waals surface area contributed by atoms with E-state index in [1.165, 1.54) is 38.5 Å². The fourth-order valence-corrected chi connectivity index (χ4v) is 2.24. The molecule has 1 aliphatic rings. The van der Waals surface area contributed by atoms with E-state index in [0.717, 1.165) is 13.2 Å². The Morgan fingerprint density at radius 2 is 2.13 bits per heavy atom. The molecule has 2 heteroatoms. The van der Waals surface area contributed by atoms with Gasteiger partial charge in [-0.25, -0.2) is 0 Å². The standard InChI is InChI=1S/C13H25NO/c1-3-14-13(11-15-2)12-9-7-5-4-6-8-10-12/h9,13-14H,3-8,10-11H2,1-2H3. The third-order valence-corrected chi connectivity index (χ3v) is 3.06. The van der Waals surface area contributed by atoms with Gasteiger partial charge in [0.2, 0.25) is 0 Å². The topological polar surface area (TPSA) is 21.3 Å². The van der Waals surface area contributed by atoms with Gasteiger partial charge in [0, 0.05) is 7.11 Å². The first-order chi connectivity index (χ1) is 7.38. The molecule has 1 atom stereocenters. The lowest BCUT2D eigenvalue weighted by molar-refractivity contribution is 0.176. The highest BCUT2D eigenvalue weighted by Crippen LogP contribution is 2.19. The second-order valence-electron chi connectivity index (χ2n) is 4.30. The van der Waals surface area contributed by atoms with Crippen LogP contribution >= 0.6 is 0 Å². The fourth-order valence-electron chi connectivity index (χ4n) is 2.24. The predicted molar refractivity (Wildman–Crippen MR) is 65.1 cm³/mol. The zero-order valence-electron chi connectivity index (χ0n) is 10.2. The summed E-state index contributed by atoms with van der Waals surface area (Å²) in [6, 6.07) is 0.443. The van der Waals surface area contributed by atoms with Crippen molar-refractivity contribution in [1.82, 2.24) is 5.32 Å². The maximum absolute atomic E-state index is 5.28. The molecule has 2 nitrogen and oxygen atoms in total. The molecule has 1 N–H and O–H groups in total. The first kappa shape index (κ1) is 12.7. The lowest BCUT2D eigenvalue weighted by atomic mass is 9.95. The van der Waals surface area contributed by atoms with E-state index in [2.05, 4.69) is 18.3 Å². The van der Waals surface area contributed by atoms with Crippen molar-refractivity contribution in [3.05, 3.63) is 11.6 Å². The molecule has 0 bridgehead atoms. The monoisotopic (exact) mass is 211 g/mol. The van der Waals surface area contributed by atoms with Gasteiger partial charge in [0.1, 0.15) is 0 Å². The van der Waals surface area contributed by atoms with E-state index in [-0.39, 0.29) is 0 Å². The molecular formula is C13H25NO. The van der Waals surface area contributed by atoms with Crippen molar-refractivity contribution in [3.8, 4) is 0 Å². The smallest absolute Gasteiger partial charge is 0.0654 e. The largest absolute Gasteiger partial charge is 0.383 e. The highest BCUT2D eigenvalue weighted by molar-refractivity contribution is 5.11. The van der Waals surface area contributed by atoms with E-state index in [4.69, 9.17) is 4.74 Å². The molecule has 88 valence electrons. The Kier molecular flexibility index (Phi) is 6.69. The van der Waals surface area contributed by atoms with Crippen LogP contribution in [0.3, 0.4) is 0 Å². The van der Waals surface area contributed by atoms with Gasteiger partial charge in [0.25, 0.3) is 0 Å². The Bertz CT molecular complexity index is 183. The Balaban J connectivity index is 2.53. The molecular weight excluding hydrogens is 186 g/mol. The van der Waals surface area contributed by atoms with Gasteiger partial charge < -0.3 is 10.1 Å². The molecule has 0 amide bonds. The number of likely N-dealkylation sites (N-methyl/N-ethyl adjacent to an activating group) is 1. The Morgan fingerprint density at radius 1 is 1.33 bits per heavy atom. The number of ether oxygens (including phenoxy) is 1. The summed E-state index contributed by atoms with van der Waals surface area (Å²) >= 11 is 0. The first-order valence-electron chi connectivity index (χ1n) is 6.29. The summed E-state index contributed by atoms with van der Waals surface area (Å²) in [5.41, 5.74) is 1.57. The summed E-state index contributed by atoms with van der Waals surface area (Å²) in [5, 5.41) is 3.51. The normalized spacial score (nSPS) is 20.3. The van der Waals surface area contributed by atoms with E-state index in [0.29, 0.717) is 6.04 Å². The zero-order valence-corrected chi connectivity index (χ0v) is 10.2. The summed E-state index contributed by atoms with van der Waals surface area (Å²) in [4.78, 5) is 0. The van der Waals surface area contributed by atoms with Gasteiger partial charge in [0.05, 0.1) is 12.6 Å². The van der Waals surface area contributed by atoms with E-state index in [9.17, 15) is 0 Å². The minimum Gasteiger partial charge on any atom is -0.383 e. The molecule has 0 heterocycles. The minimum atomic E-state index is 0.443. The molecule has 0 saturated heterocycles. The number of allylic oxidation sites excluding steroid dienone is 1. The summed E-state index contributed by atoms with van der Waals surface area (Å²) in [6.07, 6.45) is 10.4. The predicted octanol–water partition coefficient (Wildman–Crippen LogP) is 2.89. The summed E-state index contributed by atoms with van der Waals surface area (Å²) in [5.74, 6) is 0. The van der Waals surface area contributed by atoms with Crippen LogP contribution in [-0.4, -0.2) is 26.3 Å². The van der Waals surface area contributed by atoms with Gasteiger partial charge in [-0.3, -0.25) is 0 Å². The summed E-state index contributed by atoms with van der Waals surface area (Å²) in [6.45, 7) is 3.98. The van der Waals surface area contributed by atoms with Crippen LogP contribution < -0.4 is 5.32 Å². The average molecular weight is 211 g/mol. The van der Waals surface area contributed by atoms with Crippen LogP contribution in [-0.2, 0) is 4.74 Å². The fraction of sp³-hybridized carbons (Fsp3) is 0.846. The maximum atomic E-state index is 5.28. The van der Waals surface area contributed by atoms with Gasteiger partial charge in [-0.1, -0.05) is 31.4 Å². The lowest BCUT2D eigenvalue weighted by Gasteiger charge is -2.22. The van der Waals surface area contributed by atoms with E-state index in [1.54, 1.807) is 12.7 Å². The quantitative estimate of drug-likeness (QED) is 0.706. The number of hydrogen-bond donors (Lipinski definition) is 1. The maximum Gasteiger partial charge on any atom is 0.0654 e. The van der Waals surface area contributed by atoms with Crippen LogP contribution in [0.2, 0.25) is 0 Å². The van der Waals surface area contributed by atoms with E-state index >= 15 is 0 Å². The van der Waals surface area contributed by atoms with Crippen LogP contribution in [0.4, 0.5) is 0 Å². The minimum absolute atomic E-state index is 0.443. The average Bonchev–Trinajstić information content (AvgIpc) is 2.17. The first-order valence-corrected chi connectivity index (χ1v) is 6.29. The third kappa shape index (κ3) is 4.80. The Labute approximate surface area is 94.1 Å². The summed E-state index contributed by atoms with van der Waals surface area (Å²) in [7, 11) is 1.79. The number of nitrogens with one attached hydrogen (secondary N) is 1. The van der Waals surface area contributed by atoms with Crippen molar-refractivity contribution in [1.29, 1.82) is 0 Å². The second kappa shape index (κ2) is 7.89. The van der Waals surface area contributed by atoms with Crippen LogP contribution in [0.1, 0.15) is 45.4 Å². The molecule has 0 aromatic carbocycles. The Morgan fingerprint density at radius 3 is 2.87 bits per heavy atom. The van der Waals surface area contributed by atoms with Gasteiger partial charge in [-0.15, -0.1) is 0 Å². The van der Waals surface area contributed by atoms with Crippen molar-refractivity contribution in [2.75, 3.05) is 20.3 Å². The van der Waals surface area contributed by atoms with Gasteiger partial charge in [-0.2, -0.15) is 0 Å². The number of hydrogen-bond acceptors (Lipinski definition) is 2. The van der Waals surface area contributed by atoms with E-state index in [1.807, 2.05) is 0 Å². The molecule has 0 saturated carbocycles. The Hall–Kier alpha value is -0.340. The third-order valence-electron chi connectivity index (χ3n) is 3.06. The molecule has 0 fully saturated rings. The highest BCUT2D eigenvalue weighted by Gasteiger charge is 2.13. The molecule has 0 aromatic rings. The molecule has 0 radical (unpaired) electrons. The molecule has 0 aromatic heterocycles. The van der Waals surface area contributed by atoms with Crippen LogP contribution in [0, 0.1) is 0 Å². The summed E-state index contributed by atoms with van der Waals surface area (Å²) < 4.78 is 5.28. The molecule has 0 spiro atoms. The van der Waals surface area contributed by atoms with Gasteiger partial charge >= 0.3 is 0 Å². The van der Waals surface area contributed by atoms with Gasteiger partial charge in [0.15, 0.2) is 0 Å². The van der Waals surface area contributed by atoms with Crippen LogP contribution in [0.5, 0.6) is 0 Å². The van der Waals surface area contributed by atoms with Crippen molar-refractivity contribution in [2.24, 2.45) is 0 Å². The van der Waals surface area contributed by atoms with Crippen molar-refractivity contribution in [2.45, 2.75) is 51.5 Å². The lowest BCUT2D eigenvalue weighted by Crippen LogP contribution is -2.35. The van der Waals surface area contributed by atoms with Crippen LogP contribution in [0.25, 0.3) is 0 Å². The molecule has 0 aliphatic heterocycles. The SMILES string of the molecule is CCNC(COC)C1=CCCCCCC1. The van der Waals surface area contributed by atoms with Gasteiger partial charge in [-0.05, 0) is 32.2 Å². The van der Waals surface area contributed by atoms with Crippen molar-refractivity contribution in [3.63, 3.8) is 0 Å². The highest BCUT2D eigenvalue weighted by atomic mass is 16.5. The molecule has 1 rings (SSSR count). The second-order valence-corrected chi connectivity index (χ2v) is 4.30. The number of rotatable bonds is 5.